The largest absolute Gasteiger partial charge is 0.458 e. The highest BCUT2D eigenvalue weighted by Gasteiger charge is 2.52. The van der Waals surface area contributed by atoms with E-state index in [9.17, 15) is 14.4 Å². The second-order valence-corrected chi connectivity index (χ2v) is 11.5. The van der Waals surface area contributed by atoms with Crippen LogP contribution in [-0.4, -0.2) is 53.0 Å². The van der Waals surface area contributed by atoms with Crippen LogP contribution in [-0.2, 0) is 19.1 Å². The minimum absolute atomic E-state index is 0.107. The quantitative estimate of drug-likeness (QED) is 0.607. The summed E-state index contributed by atoms with van der Waals surface area (Å²) in [5.41, 5.74) is 5.69. The van der Waals surface area contributed by atoms with Gasteiger partial charge in [0.05, 0.1) is 6.04 Å². The Morgan fingerprint density at radius 2 is 1.66 bits per heavy atom. The van der Waals surface area contributed by atoms with Gasteiger partial charge in [-0.05, 0) is 70.1 Å². The predicted octanol–water partition coefficient (Wildman–Crippen LogP) is 3.00. The molecule has 3 rings (SSSR count). The Morgan fingerprint density at radius 1 is 1.00 bits per heavy atom. The van der Waals surface area contributed by atoms with Crippen LogP contribution in [0.4, 0.5) is 0 Å². The van der Waals surface area contributed by atoms with Gasteiger partial charge in [0.15, 0.2) is 0 Å². The number of nitrogens with one attached hydrogen (secondary N) is 1. The fraction of sp³-hybridized carbons (Fsp3) is 0.880. The Labute approximate surface area is 193 Å². The summed E-state index contributed by atoms with van der Waals surface area (Å²) in [6, 6.07) is -1.86. The summed E-state index contributed by atoms with van der Waals surface area (Å²) in [5.74, 6) is -0.233. The Kier molecular flexibility index (Phi) is 7.89. The molecule has 2 aliphatic carbocycles. The molecule has 3 fully saturated rings. The Bertz CT molecular complexity index is 696. The van der Waals surface area contributed by atoms with E-state index in [-0.39, 0.29) is 35.5 Å². The summed E-state index contributed by atoms with van der Waals surface area (Å²) in [5, 5.41) is 2.96. The van der Waals surface area contributed by atoms with Crippen LogP contribution >= 0.6 is 0 Å². The summed E-state index contributed by atoms with van der Waals surface area (Å²) in [7, 11) is 0. The second-order valence-electron chi connectivity index (χ2n) is 11.5. The van der Waals surface area contributed by atoms with Crippen molar-refractivity contribution in [2.45, 2.75) is 110 Å². The minimum atomic E-state index is -0.694. The zero-order valence-electron chi connectivity index (χ0n) is 20.6. The molecule has 0 unspecified atom stereocenters. The third kappa shape index (κ3) is 5.64. The number of amides is 2. The van der Waals surface area contributed by atoms with E-state index < -0.39 is 23.7 Å². The Balaban J connectivity index is 1.74. The van der Waals surface area contributed by atoms with Crippen molar-refractivity contribution in [1.82, 2.24) is 10.2 Å². The highest BCUT2D eigenvalue weighted by Crippen LogP contribution is 2.43. The molecule has 1 aliphatic heterocycles. The molecule has 182 valence electrons. The first kappa shape index (κ1) is 25.0. The van der Waals surface area contributed by atoms with Crippen LogP contribution in [0.1, 0.15) is 86.0 Å². The van der Waals surface area contributed by atoms with E-state index >= 15 is 0 Å². The summed E-state index contributed by atoms with van der Waals surface area (Å²) >= 11 is 0. The monoisotopic (exact) mass is 449 g/mol. The lowest BCUT2D eigenvalue weighted by Gasteiger charge is -2.34. The molecule has 0 aromatic heterocycles. The van der Waals surface area contributed by atoms with Crippen molar-refractivity contribution in [3.05, 3.63) is 0 Å². The van der Waals surface area contributed by atoms with Crippen LogP contribution < -0.4 is 11.1 Å². The number of fused-ring (bicyclic) bond motifs is 1. The van der Waals surface area contributed by atoms with Gasteiger partial charge < -0.3 is 20.7 Å². The fourth-order valence-corrected chi connectivity index (χ4v) is 5.85. The van der Waals surface area contributed by atoms with E-state index in [0.717, 1.165) is 44.9 Å². The summed E-state index contributed by atoms with van der Waals surface area (Å²) in [6.45, 7) is 9.95. The van der Waals surface area contributed by atoms with Gasteiger partial charge >= 0.3 is 5.97 Å². The standard InChI is InChI=1S/C25H43N3O4/c1-15(2)20(27-22(29)19(26)16-10-7-6-8-11-16)23(30)28-14-17-12-9-13-18(17)21(28)24(31)32-25(3,4)5/h15-21H,6-14,26H2,1-5H3,(H,27,29)/t17-,18-,19-,20-,21-/m0/s1. The van der Waals surface area contributed by atoms with Crippen LogP contribution in [0.25, 0.3) is 0 Å². The topological polar surface area (TPSA) is 102 Å². The van der Waals surface area contributed by atoms with Gasteiger partial charge in [0, 0.05) is 6.54 Å². The number of ether oxygens (including phenoxy) is 1. The molecule has 3 aliphatic rings. The smallest absolute Gasteiger partial charge is 0.329 e. The number of carbonyl (C=O) groups is 3. The molecule has 1 heterocycles. The lowest BCUT2D eigenvalue weighted by atomic mass is 9.83. The van der Waals surface area contributed by atoms with Crippen molar-refractivity contribution in [3.8, 4) is 0 Å². The molecule has 0 aromatic rings. The average molecular weight is 450 g/mol. The molecule has 2 saturated carbocycles. The fourth-order valence-electron chi connectivity index (χ4n) is 5.85. The summed E-state index contributed by atoms with van der Waals surface area (Å²) in [6.07, 6.45) is 8.37. The molecule has 5 atom stereocenters. The highest BCUT2D eigenvalue weighted by molar-refractivity contribution is 5.93. The van der Waals surface area contributed by atoms with Crippen molar-refractivity contribution >= 4 is 17.8 Å². The first-order valence-electron chi connectivity index (χ1n) is 12.6. The molecule has 0 aromatic carbocycles. The van der Waals surface area contributed by atoms with Crippen LogP contribution in [0.5, 0.6) is 0 Å². The van der Waals surface area contributed by atoms with E-state index in [0.29, 0.717) is 12.5 Å². The lowest BCUT2D eigenvalue weighted by molar-refractivity contribution is -0.165. The van der Waals surface area contributed by atoms with Gasteiger partial charge in [-0.1, -0.05) is 39.5 Å². The average Bonchev–Trinajstić information content (AvgIpc) is 3.31. The van der Waals surface area contributed by atoms with E-state index in [2.05, 4.69) is 5.32 Å². The number of nitrogens with zero attached hydrogens (tertiary/aromatic N) is 1. The maximum atomic E-state index is 13.7. The van der Waals surface area contributed by atoms with Crippen molar-refractivity contribution in [3.63, 3.8) is 0 Å². The molecule has 3 N–H and O–H groups in total. The first-order valence-corrected chi connectivity index (χ1v) is 12.6. The van der Waals surface area contributed by atoms with Crippen LogP contribution in [0, 0.1) is 23.7 Å². The van der Waals surface area contributed by atoms with Gasteiger partial charge in [-0.3, -0.25) is 9.59 Å². The molecular formula is C25H43N3O4. The Morgan fingerprint density at radius 3 is 2.25 bits per heavy atom. The van der Waals surface area contributed by atoms with E-state index in [4.69, 9.17) is 10.5 Å². The normalized spacial score (nSPS) is 28.3. The lowest BCUT2D eigenvalue weighted by Crippen LogP contribution is -2.58. The second kappa shape index (κ2) is 10.1. The van der Waals surface area contributed by atoms with Crippen LogP contribution in [0.2, 0.25) is 0 Å². The first-order chi connectivity index (χ1) is 15.0. The number of esters is 1. The van der Waals surface area contributed by atoms with E-state index in [1.54, 1.807) is 4.90 Å². The van der Waals surface area contributed by atoms with Crippen molar-refractivity contribution in [2.75, 3.05) is 6.54 Å². The third-order valence-corrected chi connectivity index (χ3v) is 7.51. The van der Waals surface area contributed by atoms with Crippen LogP contribution in [0.3, 0.4) is 0 Å². The summed E-state index contributed by atoms with van der Waals surface area (Å²) < 4.78 is 5.71. The van der Waals surface area contributed by atoms with Gasteiger partial charge in [-0.25, -0.2) is 4.79 Å². The number of likely N-dealkylation sites (tertiary alicyclic amines) is 1. The number of carbonyl (C=O) groups excluding carboxylic acids is 3. The van der Waals surface area contributed by atoms with Gasteiger partial charge in [-0.15, -0.1) is 0 Å². The van der Waals surface area contributed by atoms with E-state index in [1.807, 2.05) is 34.6 Å². The molecule has 32 heavy (non-hydrogen) atoms. The van der Waals surface area contributed by atoms with Gasteiger partial charge in [-0.2, -0.15) is 0 Å². The highest BCUT2D eigenvalue weighted by atomic mass is 16.6. The SMILES string of the molecule is CC(C)[C@H](NC(=O)[C@@H](N)C1CCCCC1)C(=O)N1C[C@@H]2CCC[C@@H]2[C@H]1C(=O)OC(C)(C)C. The summed E-state index contributed by atoms with van der Waals surface area (Å²) in [4.78, 5) is 41.5. The van der Waals surface area contributed by atoms with Gasteiger partial charge in [0.2, 0.25) is 11.8 Å². The zero-order chi connectivity index (χ0) is 23.6. The molecule has 7 nitrogen and oxygen atoms in total. The molecule has 2 amide bonds. The molecule has 0 spiro atoms. The van der Waals surface area contributed by atoms with Gasteiger partial charge in [0.1, 0.15) is 17.7 Å². The molecule has 7 heteroatoms. The van der Waals surface area contributed by atoms with Crippen LogP contribution in [0.15, 0.2) is 0 Å². The predicted molar refractivity (Wildman–Crippen MR) is 123 cm³/mol. The van der Waals surface area contributed by atoms with Crippen molar-refractivity contribution < 1.29 is 19.1 Å². The third-order valence-electron chi connectivity index (χ3n) is 7.51. The minimum Gasteiger partial charge on any atom is -0.458 e. The molecular weight excluding hydrogens is 406 g/mol. The van der Waals surface area contributed by atoms with Crippen molar-refractivity contribution in [1.29, 1.82) is 0 Å². The molecule has 1 saturated heterocycles. The van der Waals surface area contributed by atoms with Gasteiger partial charge in [0.25, 0.3) is 0 Å². The zero-order valence-corrected chi connectivity index (χ0v) is 20.6. The molecule has 0 radical (unpaired) electrons. The Hall–Kier alpha value is -1.63. The number of nitrogens with two attached hydrogens (primary N) is 1. The molecule has 0 bridgehead atoms. The number of rotatable bonds is 6. The van der Waals surface area contributed by atoms with E-state index in [1.165, 1.54) is 6.42 Å². The number of hydrogen-bond donors (Lipinski definition) is 2. The number of hydrogen-bond acceptors (Lipinski definition) is 5. The maximum Gasteiger partial charge on any atom is 0.329 e. The van der Waals surface area contributed by atoms with Crippen molar-refractivity contribution in [2.24, 2.45) is 29.4 Å². The maximum absolute atomic E-state index is 13.7.